The molecule has 1 heterocycles. The van der Waals surface area contributed by atoms with E-state index in [1.54, 1.807) is 0 Å². The van der Waals surface area contributed by atoms with Gasteiger partial charge in [0.15, 0.2) is 0 Å². The Bertz CT molecular complexity index is 487. The third kappa shape index (κ3) is 2.88. The monoisotopic (exact) mass is 275 g/mol. The molecule has 1 N–H and O–H groups in total. The van der Waals surface area contributed by atoms with Gasteiger partial charge in [0.05, 0.1) is 6.10 Å². The summed E-state index contributed by atoms with van der Waals surface area (Å²) in [6.07, 6.45) is 1.34. The quantitative estimate of drug-likeness (QED) is 0.901. The number of aryl methyl sites for hydroxylation is 3. The van der Waals surface area contributed by atoms with Gasteiger partial charge < -0.3 is 10.0 Å². The molecule has 0 saturated carbocycles. The maximum absolute atomic E-state index is 12.8. The van der Waals surface area contributed by atoms with Crippen LogP contribution in [0.4, 0.5) is 0 Å². The summed E-state index contributed by atoms with van der Waals surface area (Å²) < 4.78 is 0. The molecule has 1 saturated heterocycles. The Morgan fingerprint density at radius 2 is 1.90 bits per heavy atom. The molecule has 1 aliphatic rings. The molecule has 1 aromatic rings. The lowest BCUT2D eigenvalue weighted by molar-refractivity contribution is 0.0228. The molecule has 0 radical (unpaired) electrons. The molecule has 2 rings (SSSR count). The van der Waals surface area contributed by atoms with Crippen molar-refractivity contribution in [2.24, 2.45) is 5.92 Å². The van der Waals surface area contributed by atoms with E-state index in [1.165, 1.54) is 5.56 Å². The number of piperidine rings is 1. The van der Waals surface area contributed by atoms with Crippen molar-refractivity contribution in [3.05, 3.63) is 34.4 Å². The molecule has 1 amide bonds. The first-order chi connectivity index (χ1) is 9.43. The van der Waals surface area contributed by atoms with E-state index in [1.807, 2.05) is 18.7 Å². The average molecular weight is 275 g/mol. The van der Waals surface area contributed by atoms with Gasteiger partial charge in [-0.05, 0) is 44.7 Å². The van der Waals surface area contributed by atoms with E-state index >= 15 is 0 Å². The number of nitrogens with zero attached hydrogens (tertiary/aromatic N) is 1. The molecule has 3 nitrogen and oxygen atoms in total. The molecule has 110 valence electrons. The minimum Gasteiger partial charge on any atom is -0.393 e. The van der Waals surface area contributed by atoms with Crippen molar-refractivity contribution in [2.45, 2.75) is 46.6 Å². The summed E-state index contributed by atoms with van der Waals surface area (Å²) >= 11 is 0. The Balaban J connectivity index is 2.24. The van der Waals surface area contributed by atoms with Crippen LogP contribution in [-0.2, 0) is 0 Å². The molecule has 1 aromatic carbocycles. The van der Waals surface area contributed by atoms with E-state index < -0.39 is 0 Å². The fourth-order valence-electron chi connectivity index (χ4n) is 3.28. The lowest BCUT2D eigenvalue weighted by Crippen LogP contribution is -2.46. The summed E-state index contributed by atoms with van der Waals surface area (Å²) in [5, 5.41) is 9.95. The zero-order valence-electron chi connectivity index (χ0n) is 12.9. The van der Waals surface area contributed by atoms with Crippen LogP contribution in [0.5, 0.6) is 0 Å². The van der Waals surface area contributed by atoms with Crippen LogP contribution >= 0.6 is 0 Å². The zero-order valence-corrected chi connectivity index (χ0v) is 12.9. The first-order valence-corrected chi connectivity index (χ1v) is 7.49. The summed E-state index contributed by atoms with van der Waals surface area (Å²) in [6.45, 7) is 9.46. The summed E-state index contributed by atoms with van der Waals surface area (Å²) in [7, 11) is 0. The summed E-state index contributed by atoms with van der Waals surface area (Å²) in [5.74, 6) is 0.323. The largest absolute Gasteiger partial charge is 0.393 e. The minimum absolute atomic E-state index is 0.116. The fraction of sp³-hybridized carbons (Fsp3) is 0.588. The maximum atomic E-state index is 12.8. The van der Waals surface area contributed by atoms with Crippen LogP contribution < -0.4 is 0 Å². The van der Waals surface area contributed by atoms with Gasteiger partial charge in [0, 0.05) is 24.6 Å². The van der Waals surface area contributed by atoms with Crippen molar-refractivity contribution in [2.75, 3.05) is 13.1 Å². The normalized spacial score (nSPS) is 22.9. The number of rotatable bonds is 2. The predicted octanol–water partition coefficient (Wildman–Crippen LogP) is 2.84. The Labute approximate surface area is 121 Å². The van der Waals surface area contributed by atoms with Crippen molar-refractivity contribution in [1.82, 2.24) is 4.90 Å². The Morgan fingerprint density at radius 3 is 2.45 bits per heavy atom. The number of aliphatic hydroxyl groups is 1. The SMILES string of the molecule is CCC1CN(C(=O)c2c(C)cc(C)cc2C)CCC1O. The van der Waals surface area contributed by atoms with Crippen LogP contribution in [0, 0.1) is 26.7 Å². The Kier molecular flexibility index (Phi) is 4.48. The van der Waals surface area contributed by atoms with Gasteiger partial charge in [0.1, 0.15) is 0 Å². The minimum atomic E-state index is -0.260. The molecule has 0 bridgehead atoms. The van der Waals surface area contributed by atoms with Gasteiger partial charge in [-0.15, -0.1) is 0 Å². The fourth-order valence-corrected chi connectivity index (χ4v) is 3.28. The average Bonchev–Trinajstić information content (AvgIpc) is 2.37. The molecule has 1 aliphatic heterocycles. The topological polar surface area (TPSA) is 40.5 Å². The van der Waals surface area contributed by atoms with Gasteiger partial charge in [0.2, 0.25) is 0 Å². The second-order valence-corrected chi connectivity index (χ2v) is 6.05. The van der Waals surface area contributed by atoms with Gasteiger partial charge in [0.25, 0.3) is 5.91 Å². The first-order valence-electron chi connectivity index (χ1n) is 7.49. The summed E-state index contributed by atoms with van der Waals surface area (Å²) in [4.78, 5) is 14.7. The van der Waals surface area contributed by atoms with E-state index in [0.29, 0.717) is 19.5 Å². The number of benzene rings is 1. The van der Waals surface area contributed by atoms with Crippen molar-refractivity contribution >= 4 is 5.91 Å². The van der Waals surface area contributed by atoms with Crippen molar-refractivity contribution in [1.29, 1.82) is 0 Å². The first kappa shape index (κ1) is 15.0. The van der Waals surface area contributed by atoms with Crippen LogP contribution in [0.1, 0.15) is 46.8 Å². The number of amides is 1. The van der Waals surface area contributed by atoms with Gasteiger partial charge in [-0.1, -0.05) is 24.6 Å². The van der Waals surface area contributed by atoms with E-state index in [-0.39, 0.29) is 17.9 Å². The van der Waals surface area contributed by atoms with Crippen LogP contribution in [0.25, 0.3) is 0 Å². The van der Waals surface area contributed by atoms with E-state index in [9.17, 15) is 9.90 Å². The highest BCUT2D eigenvalue weighted by atomic mass is 16.3. The molecule has 2 atom stereocenters. The molecule has 2 unspecified atom stereocenters. The smallest absolute Gasteiger partial charge is 0.254 e. The lowest BCUT2D eigenvalue weighted by Gasteiger charge is -2.36. The van der Waals surface area contributed by atoms with Crippen molar-refractivity contribution < 1.29 is 9.90 Å². The third-order valence-electron chi connectivity index (χ3n) is 4.40. The van der Waals surface area contributed by atoms with Crippen LogP contribution in [-0.4, -0.2) is 35.1 Å². The van der Waals surface area contributed by atoms with Crippen molar-refractivity contribution in [3.8, 4) is 0 Å². The van der Waals surface area contributed by atoms with E-state index in [4.69, 9.17) is 0 Å². The highest BCUT2D eigenvalue weighted by Crippen LogP contribution is 2.24. The maximum Gasteiger partial charge on any atom is 0.254 e. The van der Waals surface area contributed by atoms with Crippen LogP contribution in [0.15, 0.2) is 12.1 Å². The van der Waals surface area contributed by atoms with Crippen LogP contribution in [0.2, 0.25) is 0 Å². The second kappa shape index (κ2) is 5.96. The van der Waals surface area contributed by atoms with Crippen molar-refractivity contribution in [3.63, 3.8) is 0 Å². The van der Waals surface area contributed by atoms with Gasteiger partial charge in [-0.2, -0.15) is 0 Å². The van der Waals surface area contributed by atoms with Gasteiger partial charge in [-0.3, -0.25) is 4.79 Å². The molecule has 1 fully saturated rings. The molecule has 20 heavy (non-hydrogen) atoms. The molecule has 3 heteroatoms. The highest BCUT2D eigenvalue weighted by Gasteiger charge is 2.30. The van der Waals surface area contributed by atoms with E-state index in [0.717, 1.165) is 23.1 Å². The standard InChI is InChI=1S/C17H25NO2/c1-5-14-10-18(7-6-15(14)19)17(20)16-12(3)8-11(2)9-13(16)4/h8-9,14-15,19H,5-7,10H2,1-4H3. The highest BCUT2D eigenvalue weighted by molar-refractivity contribution is 5.97. The molecular formula is C17H25NO2. The third-order valence-corrected chi connectivity index (χ3v) is 4.40. The van der Waals surface area contributed by atoms with Gasteiger partial charge in [-0.25, -0.2) is 0 Å². The molecule has 0 spiro atoms. The van der Waals surface area contributed by atoms with Crippen LogP contribution in [0.3, 0.4) is 0 Å². The number of likely N-dealkylation sites (tertiary alicyclic amines) is 1. The predicted molar refractivity (Wildman–Crippen MR) is 81.0 cm³/mol. The Morgan fingerprint density at radius 1 is 1.30 bits per heavy atom. The number of hydrogen-bond acceptors (Lipinski definition) is 2. The van der Waals surface area contributed by atoms with Gasteiger partial charge >= 0.3 is 0 Å². The number of carbonyl (C=O) groups excluding carboxylic acids is 1. The molecular weight excluding hydrogens is 250 g/mol. The zero-order chi connectivity index (χ0) is 14.9. The number of hydrogen-bond donors (Lipinski definition) is 1. The summed E-state index contributed by atoms with van der Waals surface area (Å²) in [6, 6.07) is 4.13. The Hall–Kier alpha value is -1.35. The number of carbonyl (C=O) groups is 1. The molecule has 0 aromatic heterocycles. The van der Waals surface area contributed by atoms with E-state index in [2.05, 4.69) is 26.0 Å². The molecule has 0 aliphatic carbocycles. The number of aliphatic hydroxyl groups excluding tert-OH is 1. The lowest BCUT2D eigenvalue weighted by atomic mass is 9.91. The summed E-state index contributed by atoms with van der Waals surface area (Å²) in [5.41, 5.74) is 4.12. The second-order valence-electron chi connectivity index (χ2n) is 6.05.